The van der Waals surface area contributed by atoms with Crippen molar-refractivity contribution in [3.8, 4) is 11.5 Å². The molecule has 88 valence electrons. The van der Waals surface area contributed by atoms with Gasteiger partial charge in [-0.2, -0.15) is 13.2 Å². The number of rotatable bonds is 1. The Morgan fingerprint density at radius 3 is 2.38 bits per heavy atom. The number of benzene rings is 1. The molecule has 0 unspecified atom stereocenters. The molecule has 0 spiro atoms. The lowest BCUT2D eigenvalue weighted by atomic mass is 10.1. The summed E-state index contributed by atoms with van der Waals surface area (Å²) < 4.78 is 47.0. The minimum atomic E-state index is -4.68. The Morgan fingerprint density at radius 1 is 1.12 bits per heavy atom. The fourth-order valence-electron chi connectivity index (χ4n) is 1.42. The van der Waals surface area contributed by atoms with E-state index < -0.39 is 12.3 Å². The summed E-state index contributed by atoms with van der Waals surface area (Å²) >= 11 is 0. The van der Waals surface area contributed by atoms with Crippen LogP contribution in [0.1, 0.15) is 11.7 Å². The van der Waals surface area contributed by atoms with Gasteiger partial charge in [0.15, 0.2) is 17.6 Å². The van der Waals surface area contributed by atoms with Gasteiger partial charge in [0, 0.05) is 0 Å². The molecular formula is C10H9F3O3. The number of hydrogen-bond donors (Lipinski definition) is 1. The molecule has 0 aliphatic carbocycles. The average molecular weight is 234 g/mol. The van der Waals surface area contributed by atoms with Gasteiger partial charge >= 0.3 is 6.18 Å². The van der Waals surface area contributed by atoms with E-state index in [2.05, 4.69) is 0 Å². The van der Waals surface area contributed by atoms with E-state index in [9.17, 15) is 13.2 Å². The van der Waals surface area contributed by atoms with Gasteiger partial charge in [-0.1, -0.05) is 6.07 Å². The number of ether oxygens (including phenoxy) is 2. The van der Waals surface area contributed by atoms with Crippen LogP contribution in [0.2, 0.25) is 0 Å². The van der Waals surface area contributed by atoms with Crippen molar-refractivity contribution in [2.45, 2.75) is 12.3 Å². The van der Waals surface area contributed by atoms with Crippen molar-refractivity contribution in [3.05, 3.63) is 23.8 Å². The Kier molecular flexibility index (Phi) is 2.67. The van der Waals surface area contributed by atoms with Gasteiger partial charge in [0.25, 0.3) is 0 Å². The zero-order valence-corrected chi connectivity index (χ0v) is 8.12. The summed E-state index contributed by atoms with van der Waals surface area (Å²) in [4.78, 5) is 0. The highest BCUT2D eigenvalue weighted by atomic mass is 19.4. The van der Waals surface area contributed by atoms with Crippen molar-refractivity contribution in [1.82, 2.24) is 0 Å². The molecular weight excluding hydrogens is 225 g/mol. The summed E-state index contributed by atoms with van der Waals surface area (Å²) in [5.41, 5.74) is -0.253. The number of aliphatic hydroxyl groups excluding tert-OH is 1. The molecule has 1 aliphatic rings. The summed E-state index contributed by atoms with van der Waals surface area (Å²) in [7, 11) is 0. The molecule has 1 atom stereocenters. The highest BCUT2D eigenvalue weighted by Crippen LogP contribution is 2.37. The fourth-order valence-corrected chi connectivity index (χ4v) is 1.42. The summed E-state index contributed by atoms with van der Waals surface area (Å²) in [6.07, 6.45) is -7.17. The van der Waals surface area contributed by atoms with E-state index in [4.69, 9.17) is 14.6 Å². The maximum absolute atomic E-state index is 12.2. The predicted octanol–water partition coefficient (Wildman–Crippen LogP) is 2.05. The Bertz CT molecular complexity index is 389. The van der Waals surface area contributed by atoms with Gasteiger partial charge in [-0.15, -0.1) is 0 Å². The van der Waals surface area contributed by atoms with Crippen molar-refractivity contribution in [3.63, 3.8) is 0 Å². The molecule has 6 heteroatoms. The largest absolute Gasteiger partial charge is 0.486 e. The van der Waals surface area contributed by atoms with Gasteiger partial charge in [0.1, 0.15) is 13.2 Å². The number of alkyl halides is 3. The topological polar surface area (TPSA) is 38.7 Å². The molecule has 0 saturated carbocycles. The summed E-state index contributed by atoms with van der Waals surface area (Å²) in [5.74, 6) is 0.622. The van der Waals surface area contributed by atoms with Crippen LogP contribution in [0.25, 0.3) is 0 Å². The number of hydrogen-bond acceptors (Lipinski definition) is 3. The second kappa shape index (κ2) is 3.86. The normalized spacial score (nSPS) is 17.0. The average Bonchev–Trinajstić information content (AvgIpc) is 2.26. The summed E-state index contributed by atoms with van der Waals surface area (Å²) in [6, 6.07) is 3.68. The molecule has 1 heterocycles. The lowest BCUT2D eigenvalue weighted by Crippen LogP contribution is -2.21. The maximum atomic E-state index is 12.2. The van der Waals surface area contributed by atoms with Crippen LogP contribution in [0.15, 0.2) is 18.2 Å². The van der Waals surface area contributed by atoms with E-state index in [1.807, 2.05) is 0 Å². The smallest absolute Gasteiger partial charge is 0.418 e. The van der Waals surface area contributed by atoms with Crippen molar-refractivity contribution in [2.24, 2.45) is 0 Å². The van der Waals surface area contributed by atoms with Gasteiger partial charge in [0.2, 0.25) is 0 Å². The maximum Gasteiger partial charge on any atom is 0.418 e. The highest BCUT2D eigenvalue weighted by Gasteiger charge is 2.39. The van der Waals surface area contributed by atoms with Crippen LogP contribution in [-0.4, -0.2) is 24.5 Å². The van der Waals surface area contributed by atoms with Crippen LogP contribution in [0.4, 0.5) is 13.2 Å². The molecule has 1 aromatic rings. The first kappa shape index (κ1) is 11.1. The molecule has 0 bridgehead atoms. The fraction of sp³-hybridized carbons (Fsp3) is 0.400. The lowest BCUT2D eigenvalue weighted by Gasteiger charge is -2.21. The predicted molar refractivity (Wildman–Crippen MR) is 48.4 cm³/mol. The number of halogens is 3. The number of aliphatic hydroxyl groups is 1. The van der Waals surface area contributed by atoms with Crippen LogP contribution >= 0.6 is 0 Å². The van der Waals surface area contributed by atoms with Crippen LogP contribution in [0.5, 0.6) is 11.5 Å². The Morgan fingerprint density at radius 2 is 1.75 bits per heavy atom. The van der Waals surface area contributed by atoms with Crippen molar-refractivity contribution in [2.75, 3.05) is 13.2 Å². The summed E-state index contributed by atoms with van der Waals surface area (Å²) in [5, 5.41) is 9.04. The monoisotopic (exact) mass is 234 g/mol. The third-order valence-electron chi connectivity index (χ3n) is 2.19. The van der Waals surface area contributed by atoms with E-state index in [0.717, 1.165) is 6.07 Å². The van der Waals surface area contributed by atoms with Gasteiger partial charge in [-0.25, -0.2) is 0 Å². The van der Waals surface area contributed by atoms with Crippen LogP contribution in [0.3, 0.4) is 0 Å². The van der Waals surface area contributed by atoms with E-state index in [1.165, 1.54) is 12.1 Å². The third kappa shape index (κ3) is 2.06. The van der Waals surface area contributed by atoms with E-state index in [-0.39, 0.29) is 11.3 Å². The minimum absolute atomic E-state index is 0.229. The zero-order valence-electron chi connectivity index (χ0n) is 8.12. The molecule has 0 saturated heterocycles. The molecule has 1 aliphatic heterocycles. The van der Waals surface area contributed by atoms with Gasteiger partial charge < -0.3 is 14.6 Å². The molecule has 1 N–H and O–H groups in total. The zero-order chi connectivity index (χ0) is 11.8. The number of fused-ring (bicyclic) bond motifs is 1. The SMILES string of the molecule is O[C@H](c1ccc2c(c1)OCCO2)C(F)(F)F. The van der Waals surface area contributed by atoms with E-state index in [1.54, 1.807) is 0 Å². The molecule has 2 rings (SSSR count). The molecule has 0 aromatic heterocycles. The van der Waals surface area contributed by atoms with Crippen LogP contribution in [0, 0.1) is 0 Å². The van der Waals surface area contributed by atoms with Crippen molar-refractivity contribution >= 4 is 0 Å². The third-order valence-corrected chi connectivity index (χ3v) is 2.19. The molecule has 16 heavy (non-hydrogen) atoms. The van der Waals surface area contributed by atoms with Gasteiger partial charge in [-0.05, 0) is 17.7 Å². The molecule has 1 aromatic carbocycles. The first-order valence-corrected chi connectivity index (χ1v) is 4.63. The van der Waals surface area contributed by atoms with Gasteiger partial charge in [0.05, 0.1) is 0 Å². The van der Waals surface area contributed by atoms with Crippen molar-refractivity contribution in [1.29, 1.82) is 0 Å². The van der Waals surface area contributed by atoms with Crippen molar-refractivity contribution < 1.29 is 27.8 Å². The Hall–Kier alpha value is -1.43. The second-order valence-electron chi connectivity index (χ2n) is 3.35. The van der Waals surface area contributed by atoms with Gasteiger partial charge in [-0.3, -0.25) is 0 Å². The standard InChI is InChI=1S/C10H9F3O3/c11-10(12,13)9(14)6-1-2-7-8(5-6)16-4-3-15-7/h1-2,5,9,14H,3-4H2/t9-/m1/s1. The van der Waals surface area contributed by atoms with E-state index in [0.29, 0.717) is 19.0 Å². The lowest BCUT2D eigenvalue weighted by molar-refractivity contribution is -0.206. The highest BCUT2D eigenvalue weighted by molar-refractivity contribution is 5.44. The molecule has 0 fully saturated rings. The molecule has 0 radical (unpaired) electrons. The second-order valence-corrected chi connectivity index (χ2v) is 3.35. The summed E-state index contributed by atoms with van der Waals surface area (Å²) in [6.45, 7) is 0.659. The van der Waals surface area contributed by atoms with E-state index >= 15 is 0 Å². The Balaban J connectivity index is 2.30. The first-order valence-electron chi connectivity index (χ1n) is 4.63. The van der Waals surface area contributed by atoms with Crippen LogP contribution < -0.4 is 9.47 Å². The quantitative estimate of drug-likeness (QED) is 0.808. The minimum Gasteiger partial charge on any atom is -0.486 e. The molecule has 3 nitrogen and oxygen atoms in total. The molecule has 0 amide bonds. The van der Waals surface area contributed by atoms with Crippen LogP contribution in [-0.2, 0) is 0 Å². The first-order chi connectivity index (χ1) is 7.48. The Labute approximate surface area is 89.4 Å².